The van der Waals surface area contributed by atoms with Crippen molar-refractivity contribution in [2.75, 3.05) is 18.5 Å². The highest BCUT2D eigenvalue weighted by Gasteiger charge is 2.21. The summed E-state index contributed by atoms with van der Waals surface area (Å²) < 4.78 is 2.23. The van der Waals surface area contributed by atoms with Crippen LogP contribution in [0.5, 0.6) is 0 Å². The molecule has 0 atom stereocenters. The lowest BCUT2D eigenvalue weighted by atomic mass is 10.2. The second-order valence-corrected chi connectivity index (χ2v) is 6.17. The Kier molecular flexibility index (Phi) is 4.03. The Balaban J connectivity index is 1.82. The quantitative estimate of drug-likeness (QED) is 0.915. The first-order valence-electron chi connectivity index (χ1n) is 7.20. The van der Waals surface area contributed by atoms with Gasteiger partial charge in [0.1, 0.15) is 5.82 Å². The molecule has 1 N–H and O–H groups in total. The van der Waals surface area contributed by atoms with Crippen LogP contribution in [0, 0.1) is 0 Å². The zero-order valence-corrected chi connectivity index (χ0v) is 12.9. The highest BCUT2D eigenvalue weighted by Crippen LogP contribution is 2.29. The molecule has 1 aliphatic heterocycles. The fraction of sp³-hybridized carbons (Fsp3) is 0.571. The molecule has 0 saturated heterocycles. The summed E-state index contributed by atoms with van der Waals surface area (Å²) in [5.41, 5.74) is 1.26. The Bertz CT molecular complexity index is 550. The monoisotopic (exact) mass is 291 g/mol. The van der Waals surface area contributed by atoms with E-state index in [2.05, 4.69) is 32.9 Å². The number of hydrogen-bond acceptors (Lipinski definition) is 5. The topological polar surface area (TPSA) is 46.0 Å². The van der Waals surface area contributed by atoms with Crippen molar-refractivity contribution in [2.45, 2.75) is 39.4 Å². The Hall–Kier alpha value is -1.40. The first-order chi connectivity index (χ1) is 9.81. The second kappa shape index (κ2) is 5.93. The maximum absolute atomic E-state index is 4.87. The van der Waals surface area contributed by atoms with E-state index in [4.69, 9.17) is 4.98 Å². The summed E-state index contributed by atoms with van der Waals surface area (Å²) in [6, 6.07) is 0. The van der Waals surface area contributed by atoms with Gasteiger partial charge in [-0.1, -0.05) is 13.3 Å². The summed E-state index contributed by atoms with van der Waals surface area (Å²) in [4.78, 5) is 13.0. The van der Waals surface area contributed by atoms with Gasteiger partial charge in [0.15, 0.2) is 5.13 Å². The molecule has 1 aliphatic rings. The Morgan fingerprint density at radius 2 is 2.30 bits per heavy atom. The van der Waals surface area contributed by atoms with Gasteiger partial charge in [-0.2, -0.15) is 0 Å². The highest BCUT2D eigenvalue weighted by molar-refractivity contribution is 7.15. The molecule has 2 aromatic heterocycles. The molecule has 0 unspecified atom stereocenters. The van der Waals surface area contributed by atoms with Crippen molar-refractivity contribution in [1.29, 1.82) is 0 Å². The third-order valence-corrected chi connectivity index (χ3v) is 4.76. The van der Waals surface area contributed by atoms with Crippen molar-refractivity contribution in [3.8, 4) is 0 Å². The first-order valence-corrected chi connectivity index (χ1v) is 8.01. The summed E-state index contributed by atoms with van der Waals surface area (Å²) in [6.07, 6.45) is 6.15. The zero-order valence-electron chi connectivity index (χ0n) is 12.1. The van der Waals surface area contributed by atoms with Crippen LogP contribution >= 0.6 is 11.3 Å². The number of anilines is 1. The molecule has 0 aromatic carbocycles. The smallest absolute Gasteiger partial charge is 0.186 e. The van der Waals surface area contributed by atoms with Crippen LogP contribution < -0.4 is 10.2 Å². The Labute approximate surface area is 123 Å². The van der Waals surface area contributed by atoms with Gasteiger partial charge in [0.2, 0.25) is 0 Å². The van der Waals surface area contributed by atoms with Crippen molar-refractivity contribution in [3.63, 3.8) is 0 Å². The maximum atomic E-state index is 4.87. The number of thiazole rings is 1. The minimum absolute atomic E-state index is 0.866. The lowest BCUT2D eigenvalue weighted by Crippen LogP contribution is -2.33. The molecule has 0 aliphatic carbocycles. The molecule has 0 spiro atoms. The van der Waals surface area contributed by atoms with E-state index in [1.807, 2.05) is 24.6 Å². The fourth-order valence-corrected chi connectivity index (χ4v) is 3.72. The number of rotatable bonds is 5. The second-order valence-electron chi connectivity index (χ2n) is 5.11. The third-order valence-electron chi connectivity index (χ3n) is 3.61. The number of imidazole rings is 1. The minimum atomic E-state index is 0.866. The van der Waals surface area contributed by atoms with Gasteiger partial charge in [-0.3, -0.25) is 0 Å². The third kappa shape index (κ3) is 2.58. The van der Waals surface area contributed by atoms with Crippen molar-refractivity contribution < 1.29 is 0 Å². The van der Waals surface area contributed by atoms with E-state index in [0.717, 1.165) is 50.0 Å². The molecule has 0 radical (unpaired) electrons. The van der Waals surface area contributed by atoms with Crippen LogP contribution in [-0.4, -0.2) is 28.1 Å². The zero-order chi connectivity index (χ0) is 13.9. The van der Waals surface area contributed by atoms with Crippen molar-refractivity contribution >= 4 is 16.5 Å². The van der Waals surface area contributed by atoms with E-state index >= 15 is 0 Å². The number of aryl methyl sites for hydroxylation is 1. The molecule has 108 valence electrons. The number of aromatic nitrogens is 3. The molecular weight excluding hydrogens is 270 g/mol. The lowest BCUT2D eigenvalue weighted by Gasteiger charge is -2.27. The number of nitrogens with zero attached hydrogens (tertiary/aromatic N) is 4. The van der Waals surface area contributed by atoms with E-state index in [1.165, 1.54) is 10.6 Å². The summed E-state index contributed by atoms with van der Waals surface area (Å²) in [7, 11) is 1.99. The van der Waals surface area contributed by atoms with Gasteiger partial charge >= 0.3 is 0 Å². The molecule has 0 fully saturated rings. The van der Waals surface area contributed by atoms with Crippen molar-refractivity contribution in [1.82, 2.24) is 19.9 Å². The minimum Gasteiger partial charge on any atom is -0.339 e. The van der Waals surface area contributed by atoms with Crippen molar-refractivity contribution in [2.24, 2.45) is 0 Å². The Morgan fingerprint density at radius 3 is 3.10 bits per heavy atom. The molecule has 6 heteroatoms. The molecular formula is C14H21N5S. The van der Waals surface area contributed by atoms with Crippen LogP contribution in [0.4, 0.5) is 5.13 Å². The highest BCUT2D eigenvalue weighted by atomic mass is 32.1. The standard InChI is InChI=1S/C14H21N5S/c1-3-4-11-12(9-15-2)20-14(17-11)19-8-7-18-6-5-16-13(18)10-19/h5-6,15H,3-4,7-10H2,1-2H3. The van der Waals surface area contributed by atoms with E-state index in [-0.39, 0.29) is 0 Å². The van der Waals surface area contributed by atoms with Crippen molar-refractivity contribution in [3.05, 3.63) is 28.8 Å². The van der Waals surface area contributed by atoms with Gasteiger partial charge < -0.3 is 14.8 Å². The van der Waals surface area contributed by atoms with E-state index in [1.54, 1.807) is 0 Å². The molecule has 3 rings (SSSR count). The summed E-state index contributed by atoms with van der Waals surface area (Å²) in [6.45, 7) is 6.00. The Morgan fingerprint density at radius 1 is 1.40 bits per heavy atom. The normalized spacial score (nSPS) is 14.6. The predicted molar refractivity (Wildman–Crippen MR) is 82.1 cm³/mol. The summed E-state index contributed by atoms with van der Waals surface area (Å²) in [5.74, 6) is 1.14. The van der Waals surface area contributed by atoms with Gasteiger partial charge in [-0.25, -0.2) is 9.97 Å². The molecule has 20 heavy (non-hydrogen) atoms. The first kappa shape index (κ1) is 13.6. The summed E-state index contributed by atoms with van der Waals surface area (Å²) in [5, 5.41) is 4.39. The number of nitrogens with one attached hydrogen (secondary N) is 1. The number of hydrogen-bond donors (Lipinski definition) is 1. The van der Waals surface area contributed by atoms with Crippen LogP contribution in [0.25, 0.3) is 0 Å². The average Bonchev–Trinajstić information content (AvgIpc) is 3.06. The summed E-state index contributed by atoms with van der Waals surface area (Å²) >= 11 is 1.82. The van der Waals surface area contributed by atoms with E-state index < -0.39 is 0 Å². The molecule has 3 heterocycles. The molecule has 2 aromatic rings. The SMILES string of the molecule is CCCc1nc(N2CCn3ccnc3C2)sc1CNC. The maximum Gasteiger partial charge on any atom is 0.186 e. The van der Waals surface area contributed by atoms with Gasteiger partial charge in [-0.05, 0) is 13.5 Å². The molecule has 0 amide bonds. The van der Waals surface area contributed by atoms with E-state index in [0.29, 0.717) is 0 Å². The largest absolute Gasteiger partial charge is 0.339 e. The fourth-order valence-electron chi connectivity index (χ4n) is 2.57. The lowest BCUT2D eigenvalue weighted by molar-refractivity contribution is 0.559. The molecule has 0 bridgehead atoms. The van der Waals surface area contributed by atoms with Gasteiger partial charge in [-0.15, -0.1) is 11.3 Å². The van der Waals surface area contributed by atoms with Gasteiger partial charge in [0.05, 0.1) is 12.2 Å². The van der Waals surface area contributed by atoms with Gasteiger partial charge in [0.25, 0.3) is 0 Å². The molecule has 5 nitrogen and oxygen atoms in total. The predicted octanol–water partition coefficient (Wildman–Crippen LogP) is 2.03. The van der Waals surface area contributed by atoms with Crippen LogP contribution in [0.2, 0.25) is 0 Å². The van der Waals surface area contributed by atoms with Crippen LogP contribution in [0.15, 0.2) is 12.4 Å². The van der Waals surface area contributed by atoms with E-state index in [9.17, 15) is 0 Å². The van der Waals surface area contributed by atoms with Crippen LogP contribution in [-0.2, 0) is 26.1 Å². The van der Waals surface area contributed by atoms with Gasteiger partial charge in [0, 0.05) is 36.9 Å². The van der Waals surface area contributed by atoms with Crippen LogP contribution in [0.1, 0.15) is 29.7 Å². The average molecular weight is 291 g/mol. The number of fused-ring (bicyclic) bond motifs is 1. The molecule has 0 saturated carbocycles. The van der Waals surface area contributed by atoms with Crippen LogP contribution in [0.3, 0.4) is 0 Å².